The van der Waals surface area contributed by atoms with Crippen molar-refractivity contribution >= 4 is 33.5 Å². The van der Waals surface area contributed by atoms with E-state index in [9.17, 15) is 4.79 Å². The van der Waals surface area contributed by atoms with Gasteiger partial charge in [0, 0.05) is 21.0 Å². The van der Waals surface area contributed by atoms with Gasteiger partial charge >= 0.3 is 0 Å². The third-order valence-electron chi connectivity index (χ3n) is 3.06. The van der Waals surface area contributed by atoms with Crippen LogP contribution in [0.25, 0.3) is 0 Å². The molecule has 0 unspecified atom stereocenters. The van der Waals surface area contributed by atoms with Crippen molar-refractivity contribution in [2.45, 2.75) is 4.90 Å². The Labute approximate surface area is 136 Å². The van der Waals surface area contributed by atoms with E-state index in [0.717, 1.165) is 4.90 Å². The number of carbonyl (C=O) groups is 1. The summed E-state index contributed by atoms with van der Waals surface area (Å²) in [4.78, 5) is 13.8. The third kappa shape index (κ3) is 3.24. The molecule has 0 saturated heterocycles. The van der Waals surface area contributed by atoms with E-state index in [1.807, 2.05) is 30.5 Å². The molecule has 0 aromatic heterocycles. The molecular weight excluding hydrogens is 352 g/mol. The molecule has 21 heavy (non-hydrogen) atoms. The lowest BCUT2D eigenvalue weighted by atomic mass is 10.0. The monoisotopic (exact) mass is 366 g/mol. The van der Waals surface area contributed by atoms with Crippen LogP contribution in [0.15, 0.2) is 45.8 Å². The molecule has 2 aromatic rings. The number of carbonyl (C=O) groups excluding carboxylic acids is 1. The molecule has 0 saturated carbocycles. The Kier molecular flexibility index (Phi) is 5.31. The number of hydrogen-bond acceptors (Lipinski definition) is 4. The molecule has 0 aliphatic heterocycles. The molecule has 0 spiro atoms. The van der Waals surface area contributed by atoms with Gasteiger partial charge in [0.25, 0.3) is 0 Å². The highest BCUT2D eigenvalue weighted by Gasteiger charge is 2.21. The van der Waals surface area contributed by atoms with Crippen molar-refractivity contribution in [3.63, 3.8) is 0 Å². The second kappa shape index (κ2) is 7.00. The lowest BCUT2D eigenvalue weighted by Crippen LogP contribution is -2.07. The first-order valence-corrected chi connectivity index (χ1v) is 8.23. The zero-order valence-corrected chi connectivity index (χ0v) is 14.4. The van der Waals surface area contributed by atoms with Crippen LogP contribution < -0.4 is 9.47 Å². The molecule has 0 bridgehead atoms. The van der Waals surface area contributed by atoms with Crippen LogP contribution in [0.3, 0.4) is 0 Å². The zero-order valence-electron chi connectivity index (χ0n) is 12.0. The Morgan fingerprint density at radius 1 is 1.14 bits per heavy atom. The number of hydrogen-bond donors (Lipinski definition) is 0. The lowest BCUT2D eigenvalue weighted by Gasteiger charge is -2.13. The highest BCUT2D eigenvalue weighted by molar-refractivity contribution is 9.10. The molecule has 0 N–H and O–H groups in total. The first-order chi connectivity index (χ1) is 10.1. The predicted octanol–water partition coefficient (Wildman–Crippen LogP) is 4.42. The van der Waals surface area contributed by atoms with Crippen LogP contribution in [0.2, 0.25) is 0 Å². The summed E-state index contributed by atoms with van der Waals surface area (Å²) in [5.74, 6) is 1.04. The first kappa shape index (κ1) is 15.9. The fourth-order valence-corrected chi connectivity index (χ4v) is 3.22. The van der Waals surface area contributed by atoms with Crippen LogP contribution in [0.4, 0.5) is 0 Å². The molecule has 0 radical (unpaired) electrons. The van der Waals surface area contributed by atoms with Gasteiger partial charge in [-0.25, -0.2) is 0 Å². The number of benzene rings is 2. The number of ketones is 1. The molecule has 0 atom stereocenters. The Morgan fingerprint density at radius 2 is 1.86 bits per heavy atom. The minimum atomic E-state index is -0.0775. The molecule has 3 nitrogen and oxygen atoms in total. The van der Waals surface area contributed by atoms with Gasteiger partial charge in [0.15, 0.2) is 5.78 Å². The van der Waals surface area contributed by atoms with Gasteiger partial charge in [-0.05, 0) is 40.4 Å². The van der Waals surface area contributed by atoms with E-state index in [2.05, 4.69) is 15.9 Å². The minimum absolute atomic E-state index is 0.0775. The van der Waals surface area contributed by atoms with Crippen LogP contribution in [-0.2, 0) is 0 Å². The molecule has 0 aliphatic rings. The molecular formula is C16H15BrO3S. The van der Waals surface area contributed by atoms with E-state index in [-0.39, 0.29) is 5.78 Å². The topological polar surface area (TPSA) is 35.5 Å². The SMILES string of the molecule is COc1cc(Br)c(C(=O)c2ccccc2SC)c(OC)c1. The maximum Gasteiger partial charge on any atom is 0.199 e. The van der Waals surface area contributed by atoms with E-state index < -0.39 is 0 Å². The van der Waals surface area contributed by atoms with Gasteiger partial charge in [0.05, 0.1) is 19.8 Å². The first-order valence-electron chi connectivity index (χ1n) is 6.21. The van der Waals surface area contributed by atoms with Crippen molar-refractivity contribution in [1.29, 1.82) is 0 Å². The van der Waals surface area contributed by atoms with Gasteiger partial charge in [-0.15, -0.1) is 11.8 Å². The number of halogens is 1. The summed E-state index contributed by atoms with van der Waals surface area (Å²) in [7, 11) is 3.12. The van der Waals surface area contributed by atoms with E-state index in [0.29, 0.717) is 27.1 Å². The highest BCUT2D eigenvalue weighted by Crippen LogP contribution is 2.35. The maximum atomic E-state index is 12.9. The van der Waals surface area contributed by atoms with Gasteiger partial charge in [-0.2, -0.15) is 0 Å². The summed E-state index contributed by atoms with van der Waals surface area (Å²) in [6.45, 7) is 0. The van der Waals surface area contributed by atoms with E-state index >= 15 is 0 Å². The van der Waals surface area contributed by atoms with Crippen molar-refractivity contribution in [3.05, 3.63) is 52.0 Å². The minimum Gasteiger partial charge on any atom is -0.497 e. The smallest absolute Gasteiger partial charge is 0.199 e. The molecule has 2 aromatic carbocycles. The van der Waals surface area contributed by atoms with Gasteiger partial charge < -0.3 is 9.47 Å². The second-order valence-electron chi connectivity index (χ2n) is 4.22. The van der Waals surface area contributed by atoms with Crippen molar-refractivity contribution in [2.75, 3.05) is 20.5 Å². The number of ether oxygens (including phenoxy) is 2. The quantitative estimate of drug-likeness (QED) is 0.579. The second-order valence-corrected chi connectivity index (χ2v) is 5.92. The molecule has 0 aliphatic carbocycles. The van der Waals surface area contributed by atoms with Crippen LogP contribution in [0.1, 0.15) is 15.9 Å². The molecule has 0 amide bonds. The average molecular weight is 367 g/mol. The van der Waals surface area contributed by atoms with Crippen molar-refractivity contribution in [1.82, 2.24) is 0 Å². The fourth-order valence-electron chi connectivity index (χ4n) is 2.02. The Bertz CT molecular complexity index is 671. The van der Waals surface area contributed by atoms with Crippen LogP contribution in [0, 0.1) is 0 Å². The predicted molar refractivity (Wildman–Crippen MR) is 88.9 cm³/mol. The van der Waals surface area contributed by atoms with Gasteiger partial charge in [0.1, 0.15) is 11.5 Å². The summed E-state index contributed by atoms with van der Waals surface area (Å²) in [5.41, 5.74) is 1.16. The fraction of sp³-hybridized carbons (Fsp3) is 0.188. The van der Waals surface area contributed by atoms with Crippen molar-refractivity contribution in [3.8, 4) is 11.5 Å². The van der Waals surface area contributed by atoms with Gasteiger partial charge in [0.2, 0.25) is 0 Å². The number of thioether (sulfide) groups is 1. The van der Waals surface area contributed by atoms with Crippen LogP contribution in [-0.4, -0.2) is 26.3 Å². The summed E-state index contributed by atoms with van der Waals surface area (Å²) in [6.07, 6.45) is 1.95. The maximum absolute atomic E-state index is 12.9. The Morgan fingerprint density at radius 3 is 2.48 bits per heavy atom. The Balaban J connectivity index is 2.58. The highest BCUT2D eigenvalue weighted by atomic mass is 79.9. The zero-order chi connectivity index (χ0) is 15.4. The normalized spacial score (nSPS) is 10.3. The van der Waals surface area contributed by atoms with E-state index in [4.69, 9.17) is 9.47 Å². The van der Waals surface area contributed by atoms with Crippen molar-refractivity contribution < 1.29 is 14.3 Å². The summed E-state index contributed by atoms with van der Waals surface area (Å²) >= 11 is 4.98. The lowest BCUT2D eigenvalue weighted by molar-refractivity contribution is 0.103. The third-order valence-corrected chi connectivity index (χ3v) is 4.48. The average Bonchev–Trinajstić information content (AvgIpc) is 2.53. The Hall–Kier alpha value is -1.46. The summed E-state index contributed by atoms with van der Waals surface area (Å²) in [5, 5.41) is 0. The molecule has 0 heterocycles. The standard InChI is InChI=1S/C16H15BrO3S/c1-19-10-8-12(17)15(13(9-10)20-2)16(18)11-6-4-5-7-14(11)21-3/h4-9H,1-3H3. The van der Waals surface area contributed by atoms with E-state index in [1.54, 1.807) is 38.1 Å². The van der Waals surface area contributed by atoms with Gasteiger partial charge in [-0.1, -0.05) is 12.1 Å². The molecule has 2 rings (SSSR count). The largest absolute Gasteiger partial charge is 0.497 e. The summed E-state index contributed by atoms with van der Waals surface area (Å²) in [6, 6.07) is 11.0. The molecule has 110 valence electrons. The van der Waals surface area contributed by atoms with Crippen LogP contribution >= 0.6 is 27.7 Å². The van der Waals surface area contributed by atoms with Crippen molar-refractivity contribution in [2.24, 2.45) is 0 Å². The number of rotatable bonds is 5. The van der Waals surface area contributed by atoms with Gasteiger partial charge in [-0.3, -0.25) is 4.79 Å². The molecule has 0 fully saturated rings. The number of methoxy groups -OCH3 is 2. The van der Waals surface area contributed by atoms with E-state index in [1.165, 1.54) is 0 Å². The molecule has 5 heteroatoms. The summed E-state index contributed by atoms with van der Waals surface area (Å²) < 4.78 is 11.2. The van der Waals surface area contributed by atoms with Crippen LogP contribution in [0.5, 0.6) is 11.5 Å².